The van der Waals surface area contributed by atoms with Gasteiger partial charge in [0.15, 0.2) is 5.82 Å². The third kappa shape index (κ3) is 2.69. The molecule has 0 aliphatic carbocycles. The molecule has 0 atom stereocenters. The van der Waals surface area contributed by atoms with Gasteiger partial charge in [0.25, 0.3) is 0 Å². The molecule has 108 valence electrons. The number of thiophene rings is 1. The average molecular weight is 300 g/mol. The van der Waals surface area contributed by atoms with Gasteiger partial charge in [0.05, 0.1) is 22.3 Å². The molecule has 0 amide bonds. The van der Waals surface area contributed by atoms with E-state index in [2.05, 4.69) is 24.0 Å². The van der Waals surface area contributed by atoms with E-state index >= 15 is 0 Å². The molecule has 21 heavy (non-hydrogen) atoms. The van der Waals surface area contributed by atoms with Gasteiger partial charge in [-0.2, -0.15) is 0 Å². The van der Waals surface area contributed by atoms with Crippen LogP contribution >= 0.6 is 11.3 Å². The first-order chi connectivity index (χ1) is 10.2. The van der Waals surface area contributed by atoms with Crippen LogP contribution in [-0.2, 0) is 17.8 Å². The van der Waals surface area contributed by atoms with Crippen molar-refractivity contribution in [1.29, 1.82) is 0 Å². The standard InChI is InChI=1S/C16H16N2O2S/c1-2-11-7-8-14(21-11)16-17-12-5-3-4-6-13(12)18(16)10-9-15(19)20/h3-8H,2,9-10H2,1H3,(H,19,20). The van der Waals surface area contributed by atoms with Crippen molar-refractivity contribution in [2.24, 2.45) is 0 Å². The first-order valence-electron chi connectivity index (χ1n) is 6.95. The minimum atomic E-state index is -0.792. The molecule has 0 fully saturated rings. The molecular formula is C16H16N2O2S. The molecule has 0 aliphatic rings. The number of aliphatic carboxylic acids is 1. The number of aryl methyl sites for hydroxylation is 2. The van der Waals surface area contributed by atoms with Crippen molar-refractivity contribution in [2.75, 3.05) is 0 Å². The highest BCUT2D eigenvalue weighted by Crippen LogP contribution is 2.30. The second-order valence-corrected chi connectivity index (χ2v) is 6.01. The number of carbonyl (C=O) groups is 1. The number of para-hydroxylation sites is 2. The predicted molar refractivity (Wildman–Crippen MR) is 84.7 cm³/mol. The van der Waals surface area contributed by atoms with Crippen LogP contribution in [0.3, 0.4) is 0 Å². The highest BCUT2D eigenvalue weighted by molar-refractivity contribution is 7.15. The second kappa shape index (κ2) is 5.69. The van der Waals surface area contributed by atoms with Crippen LogP contribution in [0.15, 0.2) is 36.4 Å². The van der Waals surface area contributed by atoms with Gasteiger partial charge in [0.2, 0.25) is 0 Å². The summed E-state index contributed by atoms with van der Waals surface area (Å²) in [6, 6.07) is 12.0. The topological polar surface area (TPSA) is 55.1 Å². The zero-order valence-corrected chi connectivity index (χ0v) is 12.6. The molecular weight excluding hydrogens is 284 g/mol. The number of hydrogen-bond donors (Lipinski definition) is 1. The highest BCUT2D eigenvalue weighted by Gasteiger charge is 2.14. The Kier molecular flexibility index (Phi) is 3.75. The molecule has 3 rings (SSSR count). The fourth-order valence-corrected chi connectivity index (χ4v) is 3.33. The minimum Gasteiger partial charge on any atom is -0.481 e. The van der Waals surface area contributed by atoms with Gasteiger partial charge in [0, 0.05) is 11.4 Å². The number of fused-ring (bicyclic) bond motifs is 1. The zero-order valence-electron chi connectivity index (χ0n) is 11.7. The molecule has 0 bridgehead atoms. The summed E-state index contributed by atoms with van der Waals surface area (Å²) < 4.78 is 2.01. The largest absolute Gasteiger partial charge is 0.481 e. The molecule has 0 aliphatic heterocycles. The molecule has 5 heteroatoms. The average Bonchev–Trinajstić information content (AvgIpc) is 3.09. The fraction of sp³-hybridized carbons (Fsp3) is 0.250. The summed E-state index contributed by atoms with van der Waals surface area (Å²) in [7, 11) is 0. The molecule has 2 heterocycles. The Hall–Kier alpha value is -2.14. The Morgan fingerprint density at radius 2 is 2.10 bits per heavy atom. The maximum absolute atomic E-state index is 10.9. The van der Waals surface area contributed by atoms with Gasteiger partial charge in [-0.15, -0.1) is 11.3 Å². The number of carboxylic acid groups (broad SMARTS) is 1. The van der Waals surface area contributed by atoms with Crippen molar-refractivity contribution in [3.05, 3.63) is 41.3 Å². The lowest BCUT2D eigenvalue weighted by Crippen LogP contribution is -2.05. The van der Waals surface area contributed by atoms with Gasteiger partial charge in [-0.05, 0) is 30.7 Å². The van der Waals surface area contributed by atoms with E-state index in [1.165, 1.54) is 4.88 Å². The van der Waals surface area contributed by atoms with Crippen LogP contribution in [-0.4, -0.2) is 20.6 Å². The molecule has 3 aromatic rings. The Balaban J connectivity index is 2.11. The van der Waals surface area contributed by atoms with Crippen LogP contribution in [0, 0.1) is 0 Å². The number of carboxylic acids is 1. The smallest absolute Gasteiger partial charge is 0.305 e. The van der Waals surface area contributed by atoms with Crippen molar-refractivity contribution >= 4 is 28.3 Å². The predicted octanol–water partition coefficient (Wildman–Crippen LogP) is 3.80. The molecule has 4 nitrogen and oxygen atoms in total. The molecule has 0 saturated carbocycles. The summed E-state index contributed by atoms with van der Waals surface area (Å²) in [6.45, 7) is 2.56. The van der Waals surface area contributed by atoms with Crippen LogP contribution in [0.1, 0.15) is 18.2 Å². The van der Waals surface area contributed by atoms with Crippen LogP contribution in [0.2, 0.25) is 0 Å². The highest BCUT2D eigenvalue weighted by atomic mass is 32.1. The first-order valence-corrected chi connectivity index (χ1v) is 7.77. The number of imidazole rings is 1. The Bertz CT molecular complexity index is 789. The molecule has 2 aromatic heterocycles. The summed E-state index contributed by atoms with van der Waals surface area (Å²) >= 11 is 1.72. The van der Waals surface area contributed by atoms with E-state index in [4.69, 9.17) is 5.11 Å². The Morgan fingerprint density at radius 3 is 2.81 bits per heavy atom. The number of nitrogens with zero attached hydrogens (tertiary/aromatic N) is 2. The monoisotopic (exact) mass is 300 g/mol. The lowest BCUT2D eigenvalue weighted by Gasteiger charge is -2.06. The van der Waals surface area contributed by atoms with Crippen molar-refractivity contribution < 1.29 is 9.90 Å². The SMILES string of the molecule is CCc1ccc(-c2nc3ccccc3n2CCC(=O)O)s1. The number of rotatable bonds is 5. The van der Waals surface area contributed by atoms with E-state index in [0.29, 0.717) is 6.54 Å². The molecule has 0 saturated heterocycles. The second-order valence-electron chi connectivity index (χ2n) is 4.84. The first kappa shape index (κ1) is 13.8. The van der Waals surface area contributed by atoms with Crippen molar-refractivity contribution in [3.63, 3.8) is 0 Å². The summed E-state index contributed by atoms with van der Waals surface area (Å²) in [5.74, 6) is 0.0707. The summed E-state index contributed by atoms with van der Waals surface area (Å²) in [5.41, 5.74) is 1.89. The number of benzene rings is 1. The van der Waals surface area contributed by atoms with Crippen LogP contribution in [0.4, 0.5) is 0 Å². The quantitative estimate of drug-likeness (QED) is 0.779. The Morgan fingerprint density at radius 1 is 1.29 bits per heavy atom. The summed E-state index contributed by atoms with van der Waals surface area (Å²) in [5, 5.41) is 8.96. The Labute approximate surface area is 126 Å². The van der Waals surface area contributed by atoms with Gasteiger partial charge in [-0.3, -0.25) is 4.79 Å². The molecule has 1 aromatic carbocycles. The van der Waals surface area contributed by atoms with Crippen LogP contribution < -0.4 is 0 Å². The van der Waals surface area contributed by atoms with E-state index in [9.17, 15) is 4.79 Å². The van der Waals surface area contributed by atoms with Gasteiger partial charge < -0.3 is 9.67 Å². The maximum Gasteiger partial charge on any atom is 0.305 e. The van der Waals surface area contributed by atoms with Crippen molar-refractivity contribution in [1.82, 2.24) is 9.55 Å². The van der Waals surface area contributed by atoms with Crippen molar-refractivity contribution in [3.8, 4) is 10.7 Å². The third-order valence-corrected chi connectivity index (χ3v) is 4.66. The molecule has 0 unspecified atom stereocenters. The van der Waals surface area contributed by atoms with Crippen molar-refractivity contribution in [2.45, 2.75) is 26.3 Å². The van der Waals surface area contributed by atoms with Gasteiger partial charge in [-0.1, -0.05) is 19.1 Å². The molecule has 1 N–H and O–H groups in total. The molecule has 0 radical (unpaired) electrons. The maximum atomic E-state index is 10.9. The van der Waals surface area contributed by atoms with E-state index < -0.39 is 5.97 Å². The minimum absolute atomic E-state index is 0.0966. The summed E-state index contributed by atoms with van der Waals surface area (Å²) in [6.07, 6.45) is 1.10. The number of aromatic nitrogens is 2. The van der Waals surface area contributed by atoms with Crippen LogP contribution in [0.25, 0.3) is 21.7 Å². The van der Waals surface area contributed by atoms with Gasteiger partial charge >= 0.3 is 5.97 Å². The van der Waals surface area contributed by atoms with E-state index in [-0.39, 0.29) is 6.42 Å². The lowest BCUT2D eigenvalue weighted by molar-refractivity contribution is -0.137. The van der Waals surface area contributed by atoms with Crippen LogP contribution in [0.5, 0.6) is 0 Å². The third-order valence-electron chi connectivity index (χ3n) is 3.43. The zero-order chi connectivity index (χ0) is 14.8. The number of hydrogen-bond acceptors (Lipinski definition) is 3. The normalized spacial score (nSPS) is 11.1. The fourth-order valence-electron chi connectivity index (χ4n) is 2.39. The van der Waals surface area contributed by atoms with Gasteiger partial charge in [-0.25, -0.2) is 4.98 Å². The molecule has 0 spiro atoms. The van der Waals surface area contributed by atoms with E-state index in [1.807, 2.05) is 28.8 Å². The van der Waals surface area contributed by atoms with E-state index in [1.54, 1.807) is 11.3 Å². The van der Waals surface area contributed by atoms with Gasteiger partial charge in [0.1, 0.15) is 0 Å². The van der Waals surface area contributed by atoms with E-state index in [0.717, 1.165) is 28.2 Å². The summed E-state index contributed by atoms with van der Waals surface area (Å²) in [4.78, 5) is 18.0. The lowest BCUT2D eigenvalue weighted by atomic mass is 10.3.